The molecule has 3 aromatic carbocycles. The Hall–Kier alpha value is -0.506. The van der Waals surface area contributed by atoms with Crippen molar-refractivity contribution in [3.63, 3.8) is 0 Å². The molecule has 1 aromatic heterocycles. The molecule has 4 aromatic rings. The van der Waals surface area contributed by atoms with Crippen molar-refractivity contribution in [2.24, 2.45) is 0 Å². The molecule has 0 saturated heterocycles. The van der Waals surface area contributed by atoms with Gasteiger partial charge in [-0.1, -0.05) is 40.7 Å². The molecule has 1 radical (unpaired) electrons. The molecule has 0 aliphatic heterocycles. The molecule has 0 spiro atoms. The van der Waals surface area contributed by atoms with Gasteiger partial charge in [0.05, 0.1) is 11.0 Å². The third-order valence-corrected chi connectivity index (χ3v) is 4.46. The molecule has 1 unspecified atom stereocenters. The second kappa shape index (κ2) is 19.0. The molecule has 0 aliphatic rings. The van der Waals surface area contributed by atoms with Crippen LogP contribution < -0.4 is 0 Å². The van der Waals surface area contributed by atoms with E-state index in [1.165, 1.54) is 16.7 Å². The molecule has 165 valence electrons. The molecule has 0 saturated carbocycles. The number of hydrogen-bond donors (Lipinski definition) is 1. The molecule has 0 bridgehead atoms. The zero-order valence-corrected chi connectivity index (χ0v) is 23.4. The Bertz CT molecular complexity index is 911. The van der Waals surface area contributed by atoms with Gasteiger partial charge < -0.3 is 4.98 Å². The summed E-state index contributed by atoms with van der Waals surface area (Å²) in [5.41, 5.74) is 6.00. The van der Waals surface area contributed by atoms with Gasteiger partial charge in [-0.15, -0.1) is 5.56 Å². The van der Waals surface area contributed by atoms with Crippen LogP contribution >= 0.6 is 0 Å². The molecule has 1 heterocycles. The van der Waals surface area contributed by atoms with Crippen molar-refractivity contribution in [2.75, 3.05) is 0 Å². The first-order chi connectivity index (χ1) is 14.2. The number of benzene rings is 3. The maximum absolute atomic E-state index is 4.78. The van der Waals surface area contributed by atoms with Crippen LogP contribution in [0.3, 0.4) is 0 Å². The van der Waals surface area contributed by atoms with Gasteiger partial charge in [-0.2, -0.15) is 66.7 Å². The summed E-state index contributed by atoms with van der Waals surface area (Å²) in [5.74, 6) is 1.29. The number of nitrogens with one attached hydrogen (secondary N) is 1. The standard InChI is InChI=1S/C17H17N2.C6H5.2C2H6.Ar.Y/c1-11-9-10-15-16(12(11)2)19-17(18-15)13(3)14-7-5-4-6-8-14;1-2-4-6-5-3-1;2*1-2;;/h5-10,13H,1-3H3,(H,18,19);1-5H;2*1-2H3;;/q2*-1;;;;. The number of aromatic nitrogens is 2. The van der Waals surface area contributed by atoms with E-state index in [4.69, 9.17) is 4.98 Å². The smallest absolute Gasteiger partial charge is 0.112 e. The van der Waals surface area contributed by atoms with E-state index in [2.05, 4.69) is 62.2 Å². The summed E-state index contributed by atoms with van der Waals surface area (Å²) in [6.45, 7) is 14.4. The van der Waals surface area contributed by atoms with Crippen molar-refractivity contribution < 1.29 is 70.4 Å². The third kappa shape index (κ3) is 10.3. The summed E-state index contributed by atoms with van der Waals surface area (Å²) >= 11 is 0. The van der Waals surface area contributed by atoms with Gasteiger partial charge in [0.25, 0.3) is 0 Å². The molecule has 4 heteroatoms. The van der Waals surface area contributed by atoms with E-state index in [0.717, 1.165) is 16.9 Å². The van der Waals surface area contributed by atoms with E-state index in [9.17, 15) is 0 Å². The summed E-state index contributed by atoms with van der Waals surface area (Å²) in [4.78, 5) is 8.22. The number of fused-ring (bicyclic) bond motifs is 1. The Morgan fingerprint density at radius 2 is 1.35 bits per heavy atom. The molecular weight excluding hydrogens is 481 g/mol. The fourth-order valence-electron chi connectivity index (χ4n) is 2.73. The minimum atomic E-state index is 0. The molecule has 0 fully saturated rings. The summed E-state index contributed by atoms with van der Waals surface area (Å²) in [5, 5.41) is 0. The average Bonchev–Trinajstić information content (AvgIpc) is 3.26. The minimum Gasteiger partial charge on any atom is -0.342 e. The Morgan fingerprint density at radius 1 is 0.806 bits per heavy atom. The van der Waals surface area contributed by atoms with E-state index in [-0.39, 0.29) is 76.4 Å². The van der Waals surface area contributed by atoms with E-state index >= 15 is 0 Å². The number of nitrogens with zero attached hydrogens (tertiary/aromatic N) is 1. The summed E-state index contributed by atoms with van der Waals surface area (Å²) in [7, 11) is 0. The van der Waals surface area contributed by atoms with Gasteiger partial charge in [-0.25, -0.2) is 4.98 Å². The van der Waals surface area contributed by atoms with E-state index in [1.54, 1.807) is 0 Å². The molecule has 4 rings (SSSR count). The van der Waals surface area contributed by atoms with E-state index < -0.39 is 0 Å². The van der Waals surface area contributed by atoms with Gasteiger partial charge in [0.2, 0.25) is 0 Å². The van der Waals surface area contributed by atoms with Crippen molar-refractivity contribution in [1.29, 1.82) is 0 Å². The number of hydrogen-bond acceptors (Lipinski definition) is 1. The molecule has 31 heavy (non-hydrogen) atoms. The van der Waals surface area contributed by atoms with Gasteiger partial charge in [-0.05, 0) is 31.0 Å². The molecule has 1 atom stereocenters. The predicted octanol–water partition coefficient (Wildman–Crippen LogP) is 7.67. The van der Waals surface area contributed by atoms with Crippen molar-refractivity contribution >= 4 is 11.0 Å². The van der Waals surface area contributed by atoms with Crippen molar-refractivity contribution in [2.45, 2.75) is 54.4 Å². The molecule has 1 N–H and O–H groups in total. The maximum atomic E-state index is 4.78. The van der Waals surface area contributed by atoms with Crippen LogP contribution in [0.5, 0.6) is 0 Å². The van der Waals surface area contributed by atoms with Crippen LogP contribution in [0.2, 0.25) is 0 Å². The quantitative estimate of drug-likeness (QED) is 0.273. The first-order valence-electron chi connectivity index (χ1n) is 10.5. The van der Waals surface area contributed by atoms with Crippen molar-refractivity contribution in [3.8, 4) is 0 Å². The number of rotatable bonds is 2. The summed E-state index contributed by atoms with van der Waals surface area (Å²) in [6, 6.07) is 27.9. The monoisotopic (exact) mass is 515 g/mol. The molecule has 0 amide bonds. The van der Waals surface area contributed by atoms with Gasteiger partial charge >= 0.3 is 0 Å². The Labute approximate surface area is 244 Å². The van der Waals surface area contributed by atoms with Crippen LogP contribution in [0.4, 0.5) is 0 Å². The maximum Gasteiger partial charge on any atom is 0.112 e. The van der Waals surface area contributed by atoms with Crippen LogP contribution in [-0.4, -0.2) is 9.97 Å². The summed E-state index contributed by atoms with van der Waals surface area (Å²) in [6.07, 6.45) is 0. The largest absolute Gasteiger partial charge is 0.342 e. The third-order valence-electron chi connectivity index (χ3n) is 4.46. The van der Waals surface area contributed by atoms with Gasteiger partial charge in [0.15, 0.2) is 0 Å². The second-order valence-electron chi connectivity index (χ2n) is 6.16. The van der Waals surface area contributed by atoms with Crippen LogP contribution in [0.25, 0.3) is 11.0 Å². The minimum absolute atomic E-state index is 0. The Kier molecular flexibility index (Phi) is 20.0. The predicted molar refractivity (Wildman–Crippen MR) is 126 cm³/mol. The fraction of sp³-hybridized carbons (Fsp3) is 0.296. The van der Waals surface area contributed by atoms with Crippen LogP contribution in [-0.2, 0) is 32.7 Å². The SMILES string of the molecule is CC.CC.Cc1ccc2[nH]c(C(C)c3cc[c-]cc3)nc2c1C.[Ar].[Y].[c-]1ccccc1. The zero-order chi connectivity index (χ0) is 21.6. The molecular formula is C27H34ArN2Y-2. The summed E-state index contributed by atoms with van der Waals surface area (Å²) < 4.78 is 0. The van der Waals surface area contributed by atoms with E-state index in [0.29, 0.717) is 0 Å². The van der Waals surface area contributed by atoms with Crippen LogP contribution in [0, 0.1) is 63.7 Å². The second-order valence-corrected chi connectivity index (χ2v) is 6.16. The van der Waals surface area contributed by atoms with Crippen LogP contribution in [0.15, 0.2) is 66.7 Å². The number of aromatic amines is 1. The number of aryl methyl sites for hydroxylation is 2. The van der Waals surface area contributed by atoms with Gasteiger partial charge in [0, 0.05) is 76.4 Å². The van der Waals surface area contributed by atoms with Crippen LogP contribution in [0.1, 0.15) is 63.1 Å². The zero-order valence-electron chi connectivity index (χ0n) is 19.8. The van der Waals surface area contributed by atoms with E-state index in [1.807, 2.05) is 70.2 Å². The van der Waals surface area contributed by atoms with Gasteiger partial charge in [0.1, 0.15) is 5.82 Å². The first-order valence-corrected chi connectivity index (χ1v) is 10.5. The number of imidazole rings is 1. The normalized spacial score (nSPS) is 9.77. The van der Waals surface area contributed by atoms with Crippen molar-refractivity contribution in [3.05, 3.63) is 101 Å². The Balaban J connectivity index is 0. The average molecular weight is 515 g/mol. The molecule has 2 nitrogen and oxygen atoms in total. The Morgan fingerprint density at radius 3 is 1.84 bits per heavy atom. The van der Waals surface area contributed by atoms with Gasteiger partial charge in [-0.3, -0.25) is 0 Å². The molecule has 0 aliphatic carbocycles. The topological polar surface area (TPSA) is 28.7 Å². The fourth-order valence-corrected chi connectivity index (χ4v) is 2.73. The number of H-pyrrole nitrogens is 1. The first kappa shape index (κ1) is 32.7. The van der Waals surface area contributed by atoms with Crippen molar-refractivity contribution in [1.82, 2.24) is 9.97 Å².